The number of hydrogen-bond donors (Lipinski definition) is 0. The number of rotatable bonds is 11. The Labute approximate surface area is 205 Å². The minimum atomic E-state index is -1.85. The molecule has 1 atom stereocenters. The third-order valence-corrected chi connectivity index (χ3v) is 11.2. The van der Waals surface area contributed by atoms with Gasteiger partial charge in [0.2, 0.25) is 5.75 Å². The summed E-state index contributed by atoms with van der Waals surface area (Å²) in [6.45, 7) is 12.4. The zero-order valence-corrected chi connectivity index (χ0v) is 23.1. The van der Waals surface area contributed by atoms with Crippen LogP contribution in [0.1, 0.15) is 49.0 Å². The summed E-state index contributed by atoms with van der Waals surface area (Å²) in [6, 6.07) is 7.35. The van der Waals surface area contributed by atoms with E-state index in [0.717, 1.165) is 12.0 Å². The highest BCUT2D eigenvalue weighted by molar-refractivity contribution is 6.74. The lowest BCUT2D eigenvalue weighted by Gasteiger charge is -2.36. The molecule has 8 heteroatoms. The van der Waals surface area contributed by atoms with Crippen molar-refractivity contribution in [1.29, 1.82) is 0 Å². The number of methoxy groups -OCH3 is 3. The Bertz CT molecular complexity index is 919. The minimum Gasteiger partial charge on any atom is -0.493 e. The van der Waals surface area contributed by atoms with Gasteiger partial charge in [0.25, 0.3) is 5.91 Å². The summed E-state index contributed by atoms with van der Waals surface area (Å²) in [4.78, 5) is 19.4. The summed E-state index contributed by atoms with van der Waals surface area (Å²) in [6.07, 6.45) is 4.43. The zero-order valence-electron chi connectivity index (χ0n) is 22.1. The van der Waals surface area contributed by atoms with E-state index in [1.54, 1.807) is 30.3 Å². The third-order valence-electron chi connectivity index (χ3n) is 6.64. The molecule has 0 saturated carbocycles. The first-order valence-corrected chi connectivity index (χ1v) is 14.4. The monoisotopic (exact) mass is 488 g/mol. The Morgan fingerprint density at radius 1 is 1.09 bits per heavy atom. The molecule has 0 N–H and O–H groups in total. The lowest BCUT2D eigenvalue weighted by Crippen LogP contribution is -2.41. The average molecular weight is 489 g/mol. The van der Waals surface area contributed by atoms with Crippen LogP contribution in [0.5, 0.6) is 17.2 Å². The van der Waals surface area contributed by atoms with E-state index in [1.807, 2.05) is 19.3 Å². The fraction of sp³-hybridized carbons (Fsp3) is 0.538. The standard InChI is InChI=1S/C26H40N2O5Si/c1-26(2,3)34(8,9)33-14-12-20(19-11-10-13-27-17-19)18-28(4)25(29)21-15-22(30-5)24(32-7)23(16-21)31-6/h10-11,13,15-17,20H,12,14,18H2,1-9H3. The molecule has 0 radical (unpaired) electrons. The van der Waals surface area contributed by atoms with E-state index < -0.39 is 8.32 Å². The highest BCUT2D eigenvalue weighted by Gasteiger charge is 2.37. The smallest absolute Gasteiger partial charge is 0.253 e. The predicted octanol–water partition coefficient (Wildman–Crippen LogP) is 5.38. The lowest BCUT2D eigenvalue weighted by molar-refractivity contribution is 0.0780. The van der Waals surface area contributed by atoms with Gasteiger partial charge in [-0.15, -0.1) is 0 Å². The van der Waals surface area contributed by atoms with Gasteiger partial charge in [-0.3, -0.25) is 9.78 Å². The van der Waals surface area contributed by atoms with Crippen molar-refractivity contribution in [3.8, 4) is 17.2 Å². The number of likely N-dealkylation sites (N-methyl/N-ethyl adjacent to an activating group) is 1. The van der Waals surface area contributed by atoms with E-state index in [4.69, 9.17) is 18.6 Å². The van der Waals surface area contributed by atoms with E-state index in [9.17, 15) is 4.79 Å². The van der Waals surface area contributed by atoms with E-state index >= 15 is 0 Å². The second-order valence-electron chi connectivity index (χ2n) is 9.98. The number of carbonyl (C=O) groups excluding carboxylic acids is 1. The number of amides is 1. The molecule has 0 aliphatic rings. The van der Waals surface area contributed by atoms with Crippen LogP contribution in [0.25, 0.3) is 0 Å². The van der Waals surface area contributed by atoms with Crippen LogP contribution < -0.4 is 14.2 Å². The topological polar surface area (TPSA) is 70.1 Å². The Morgan fingerprint density at radius 3 is 2.18 bits per heavy atom. The molecule has 1 heterocycles. The summed E-state index contributed by atoms with van der Waals surface area (Å²) in [5, 5.41) is 0.149. The molecular weight excluding hydrogens is 448 g/mol. The van der Waals surface area contributed by atoms with Gasteiger partial charge in [0.05, 0.1) is 21.3 Å². The van der Waals surface area contributed by atoms with Gasteiger partial charge in [0, 0.05) is 44.1 Å². The first-order chi connectivity index (χ1) is 15.9. The van der Waals surface area contributed by atoms with Crippen LogP contribution in [0.4, 0.5) is 0 Å². The molecule has 2 rings (SSSR count). The highest BCUT2D eigenvalue weighted by Crippen LogP contribution is 2.39. The summed E-state index contributed by atoms with van der Waals surface area (Å²) in [5.41, 5.74) is 1.56. The van der Waals surface area contributed by atoms with E-state index in [1.165, 1.54) is 14.2 Å². The highest BCUT2D eigenvalue weighted by atomic mass is 28.4. The molecule has 0 bridgehead atoms. The van der Waals surface area contributed by atoms with Crippen molar-refractivity contribution in [3.63, 3.8) is 0 Å². The maximum absolute atomic E-state index is 13.3. The number of carbonyl (C=O) groups is 1. The Morgan fingerprint density at radius 2 is 1.71 bits per heavy atom. The molecule has 188 valence electrons. The number of ether oxygens (including phenoxy) is 3. The van der Waals surface area contributed by atoms with Crippen LogP contribution in [0, 0.1) is 0 Å². The third kappa shape index (κ3) is 6.73. The van der Waals surface area contributed by atoms with Gasteiger partial charge in [-0.2, -0.15) is 0 Å². The van der Waals surface area contributed by atoms with Crippen LogP contribution in [-0.2, 0) is 4.43 Å². The van der Waals surface area contributed by atoms with Crippen molar-refractivity contribution < 1.29 is 23.4 Å². The maximum Gasteiger partial charge on any atom is 0.253 e. The Hall–Kier alpha value is -2.58. The molecule has 0 aliphatic carbocycles. The quantitative estimate of drug-likeness (QED) is 0.396. The molecular formula is C26H40N2O5Si. The summed E-state index contributed by atoms with van der Waals surface area (Å²) >= 11 is 0. The second kappa shape index (κ2) is 11.7. The number of nitrogens with zero attached hydrogens (tertiary/aromatic N) is 2. The molecule has 0 saturated heterocycles. The first kappa shape index (κ1) is 27.7. The lowest BCUT2D eigenvalue weighted by atomic mass is 9.97. The molecule has 0 spiro atoms. The van der Waals surface area contributed by atoms with Crippen molar-refractivity contribution in [2.45, 2.75) is 51.2 Å². The normalized spacial score (nSPS) is 12.7. The van der Waals surface area contributed by atoms with Crippen LogP contribution in [0.2, 0.25) is 18.1 Å². The van der Waals surface area contributed by atoms with Crippen molar-refractivity contribution in [2.24, 2.45) is 0 Å². The van der Waals surface area contributed by atoms with Gasteiger partial charge in [0.15, 0.2) is 19.8 Å². The number of pyridine rings is 1. The summed E-state index contributed by atoms with van der Waals surface area (Å²) < 4.78 is 22.6. The number of hydrogen-bond acceptors (Lipinski definition) is 6. The van der Waals surface area contributed by atoms with Crippen molar-refractivity contribution >= 4 is 14.2 Å². The predicted molar refractivity (Wildman–Crippen MR) is 138 cm³/mol. The number of aromatic nitrogens is 1. The Balaban J connectivity index is 2.22. The molecule has 34 heavy (non-hydrogen) atoms. The molecule has 1 amide bonds. The van der Waals surface area contributed by atoms with E-state index in [-0.39, 0.29) is 16.9 Å². The molecule has 0 fully saturated rings. The van der Waals surface area contributed by atoms with E-state index in [2.05, 4.69) is 44.9 Å². The SMILES string of the molecule is COc1cc(C(=O)N(C)CC(CCO[Si](C)(C)C(C)(C)C)c2cccnc2)cc(OC)c1OC. The van der Waals surface area contributed by atoms with Crippen molar-refractivity contribution in [2.75, 3.05) is 41.5 Å². The molecule has 0 aliphatic heterocycles. The van der Waals surface area contributed by atoms with Gasteiger partial charge in [-0.05, 0) is 48.3 Å². The van der Waals surface area contributed by atoms with E-state index in [0.29, 0.717) is 36.0 Å². The van der Waals surface area contributed by atoms with Crippen LogP contribution in [0.15, 0.2) is 36.7 Å². The van der Waals surface area contributed by atoms with Crippen LogP contribution in [-0.4, -0.2) is 65.6 Å². The molecule has 1 aromatic carbocycles. The summed E-state index contributed by atoms with van der Waals surface area (Å²) in [7, 11) is 4.57. The molecule has 1 unspecified atom stereocenters. The Kier molecular flexibility index (Phi) is 9.52. The van der Waals surface area contributed by atoms with Gasteiger partial charge in [-0.1, -0.05) is 26.8 Å². The van der Waals surface area contributed by atoms with Gasteiger partial charge >= 0.3 is 0 Å². The molecule has 7 nitrogen and oxygen atoms in total. The van der Waals surface area contributed by atoms with Gasteiger partial charge in [0.1, 0.15) is 0 Å². The largest absolute Gasteiger partial charge is 0.493 e. The van der Waals surface area contributed by atoms with Crippen LogP contribution >= 0.6 is 0 Å². The molecule has 2 aromatic rings. The maximum atomic E-state index is 13.3. The minimum absolute atomic E-state index is 0.0921. The summed E-state index contributed by atoms with van der Waals surface area (Å²) in [5.74, 6) is 1.32. The van der Waals surface area contributed by atoms with Crippen molar-refractivity contribution in [1.82, 2.24) is 9.88 Å². The fourth-order valence-electron chi connectivity index (χ4n) is 3.49. The van der Waals surface area contributed by atoms with Gasteiger partial charge < -0.3 is 23.5 Å². The second-order valence-corrected chi connectivity index (χ2v) is 14.8. The average Bonchev–Trinajstić information content (AvgIpc) is 2.81. The fourth-order valence-corrected chi connectivity index (χ4v) is 4.55. The van der Waals surface area contributed by atoms with Crippen LogP contribution in [0.3, 0.4) is 0 Å². The van der Waals surface area contributed by atoms with Crippen molar-refractivity contribution in [3.05, 3.63) is 47.8 Å². The molecule has 1 aromatic heterocycles. The number of benzene rings is 1. The zero-order chi connectivity index (χ0) is 25.5. The first-order valence-electron chi connectivity index (χ1n) is 11.5. The van der Waals surface area contributed by atoms with Gasteiger partial charge in [-0.25, -0.2) is 0 Å².